The second kappa shape index (κ2) is 5.63. The molecular formula is C14H20O3. The Bertz CT molecular complexity index is 362. The van der Waals surface area contributed by atoms with Crippen LogP contribution in [-0.4, -0.2) is 30.5 Å². The molecule has 0 fully saturated rings. The van der Waals surface area contributed by atoms with Crippen LogP contribution in [0.3, 0.4) is 0 Å². The van der Waals surface area contributed by atoms with E-state index >= 15 is 0 Å². The molecule has 17 heavy (non-hydrogen) atoms. The molecule has 0 bridgehead atoms. The van der Waals surface area contributed by atoms with Gasteiger partial charge in [-0.3, -0.25) is 0 Å². The van der Waals surface area contributed by atoms with Crippen molar-refractivity contribution in [1.29, 1.82) is 0 Å². The SMILES string of the molecule is CC(C)OCCOC1Cc2ccccc2C1O. The third kappa shape index (κ3) is 3.06. The molecule has 94 valence electrons. The molecule has 1 aromatic rings. The summed E-state index contributed by atoms with van der Waals surface area (Å²) in [6, 6.07) is 7.96. The minimum Gasteiger partial charge on any atom is -0.386 e. The summed E-state index contributed by atoms with van der Waals surface area (Å²) in [4.78, 5) is 0. The van der Waals surface area contributed by atoms with E-state index in [1.807, 2.05) is 38.1 Å². The molecule has 1 aliphatic rings. The van der Waals surface area contributed by atoms with Crippen molar-refractivity contribution in [1.82, 2.24) is 0 Å². The van der Waals surface area contributed by atoms with Crippen LogP contribution in [0, 0.1) is 0 Å². The zero-order chi connectivity index (χ0) is 12.3. The van der Waals surface area contributed by atoms with Gasteiger partial charge in [-0.2, -0.15) is 0 Å². The first-order valence-corrected chi connectivity index (χ1v) is 6.17. The summed E-state index contributed by atoms with van der Waals surface area (Å²) in [6.45, 7) is 5.12. The summed E-state index contributed by atoms with van der Waals surface area (Å²) >= 11 is 0. The molecule has 0 aliphatic heterocycles. The number of benzene rings is 1. The van der Waals surface area contributed by atoms with Gasteiger partial charge in [0, 0.05) is 6.42 Å². The summed E-state index contributed by atoms with van der Waals surface area (Å²) in [7, 11) is 0. The Morgan fingerprint density at radius 2 is 2.06 bits per heavy atom. The number of aliphatic hydroxyl groups excluding tert-OH is 1. The van der Waals surface area contributed by atoms with Crippen LogP contribution in [0.15, 0.2) is 24.3 Å². The van der Waals surface area contributed by atoms with Gasteiger partial charge in [0.2, 0.25) is 0 Å². The predicted octanol–water partition coefficient (Wildman–Crippen LogP) is 2.09. The monoisotopic (exact) mass is 236 g/mol. The van der Waals surface area contributed by atoms with Crippen LogP contribution < -0.4 is 0 Å². The molecule has 0 heterocycles. The number of ether oxygens (including phenoxy) is 2. The Balaban J connectivity index is 1.82. The molecule has 1 N–H and O–H groups in total. The van der Waals surface area contributed by atoms with Gasteiger partial charge < -0.3 is 14.6 Å². The van der Waals surface area contributed by atoms with Crippen molar-refractivity contribution in [3.8, 4) is 0 Å². The van der Waals surface area contributed by atoms with Crippen LogP contribution in [0.25, 0.3) is 0 Å². The molecule has 0 spiro atoms. The van der Waals surface area contributed by atoms with E-state index in [4.69, 9.17) is 9.47 Å². The van der Waals surface area contributed by atoms with Crippen LogP contribution in [0.4, 0.5) is 0 Å². The Morgan fingerprint density at radius 1 is 1.29 bits per heavy atom. The van der Waals surface area contributed by atoms with Crippen molar-refractivity contribution in [3.63, 3.8) is 0 Å². The third-order valence-corrected chi connectivity index (χ3v) is 3.01. The minimum atomic E-state index is -0.495. The van der Waals surface area contributed by atoms with E-state index in [0.29, 0.717) is 13.2 Å². The lowest BCUT2D eigenvalue weighted by molar-refractivity contribution is -0.0557. The maximum Gasteiger partial charge on any atom is 0.106 e. The molecule has 1 aliphatic carbocycles. The quantitative estimate of drug-likeness (QED) is 0.796. The molecule has 1 aromatic carbocycles. The average Bonchev–Trinajstić information content (AvgIpc) is 2.63. The number of aliphatic hydroxyl groups is 1. The van der Waals surface area contributed by atoms with Crippen molar-refractivity contribution in [3.05, 3.63) is 35.4 Å². The van der Waals surface area contributed by atoms with Crippen LogP contribution in [0.1, 0.15) is 31.1 Å². The lowest BCUT2D eigenvalue weighted by atomic mass is 10.1. The van der Waals surface area contributed by atoms with E-state index in [1.165, 1.54) is 5.56 Å². The van der Waals surface area contributed by atoms with E-state index in [2.05, 4.69) is 0 Å². The van der Waals surface area contributed by atoms with Crippen LogP contribution in [0.2, 0.25) is 0 Å². The summed E-state index contributed by atoms with van der Waals surface area (Å²) in [5.74, 6) is 0. The molecule has 0 saturated heterocycles. The molecule has 0 radical (unpaired) electrons. The maximum atomic E-state index is 10.1. The highest BCUT2D eigenvalue weighted by Crippen LogP contribution is 2.32. The Morgan fingerprint density at radius 3 is 2.76 bits per heavy atom. The molecular weight excluding hydrogens is 216 g/mol. The largest absolute Gasteiger partial charge is 0.386 e. The standard InChI is InChI=1S/C14H20O3/c1-10(2)16-7-8-17-13-9-11-5-3-4-6-12(11)14(13)15/h3-6,10,13-15H,7-9H2,1-2H3. The zero-order valence-corrected chi connectivity index (χ0v) is 10.4. The number of hydrogen-bond donors (Lipinski definition) is 1. The predicted molar refractivity (Wildman–Crippen MR) is 65.9 cm³/mol. The molecule has 3 nitrogen and oxygen atoms in total. The molecule has 0 saturated carbocycles. The van der Waals surface area contributed by atoms with Gasteiger partial charge in [-0.15, -0.1) is 0 Å². The van der Waals surface area contributed by atoms with E-state index in [-0.39, 0.29) is 12.2 Å². The first kappa shape index (κ1) is 12.6. The fourth-order valence-corrected chi connectivity index (χ4v) is 2.17. The highest BCUT2D eigenvalue weighted by atomic mass is 16.5. The van der Waals surface area contributed by atoms with Gasteiger partial charge in [-0.05, 0) is 25.0 Å². The first-order chi connectivity index (χ1) is 8.18. The van der Waals surface area contributed by atoms with E-state index in [0.717, 1.165) is 12.0 Å². The number of rotatable bonds is 5. The average molecular weight is 236 g/mol. The smallest absolute Gasteiger partial charge is 0.106 e. The summed E-state index contributed by atoms with van der Waals surface area (Å²) in [6.07, 6.45) is 0.400. The van der Waals surface area contributed by atoms with Crippen LogP contribution in [0.5, 0.6) is 0 Å². The van der Waals surface area contributed by atoms with Gasteiger partial charge in [-0.1, -0.05) is 24.3 Å². The number of hydrogen-bond acceptors (Lipinski definition) is 3. The van der Waals surface area contributed by atoms with Gasteiger partial charge in [0.25, 0.3) is 0 Å². The third-order valence-electron chi connectivity index (χ3n) is 3.01. The zero-order valence-electron chi connectivity index (χ0n) is 10.4. The molecule has 2 unspecified atom stereocenters. The van der Waals surface area contributed by atoms with Gasteiger partial charge in [-0.25, -0.2) is 0 Å². The Hall–Kier alpha value is -0.900. The van der Waals surface area contributed by atoms with Crippen molar-refractivity contribution in [2.75, 3.05) is 13.2 Å². The van der Waals surface area contributed by atoms with E-state index in [1.54, 1.807) is 0 Å². The highest BCUT2D eigenvalue weighted by molar-refractivity contribution is 5.35. The molecule has 2 atom stereocenters. The van der Waals surface area contributed by atoms with Crippen LogP contribution in [-0.2, 0) is 15.9 Å². The molecule has 2 rings (SSSR count). The van der Waals surface area contributed by atoms with Gasteiger partial charge in [0.05, 0.1) is 25.4 Å². The van der Waals surface area contributed by atoms with Gasteiger partial charge in [0.15, 0.2) is 0 Å². The summed E-state index contributed by atoms with van der Waals surface area (Å²) in [5.41, 5.74) is 2.19. The second-order valence-corrected chi connectivity index (χ2v) is 4.68. The van der Waals surface area contributed by atoms with Crippen molar-refractivity contribution in [2.24, 2.45) is 0 Å². The fraction of sp³-hybridized carbons (Fsp3) is 0.571. The Labute approximate surface area is 102 Å². The van der Waals surface area contributed by atoms with Crippen LogP contribution >= 0.6 is 0 Å². The van der Waals surface area contributed by atoms with Crippen molar-refractivity contribution < 1.29 is 14.6 Å². The normalized spacial score (nSPS) is 23.1. The summed E-state index contributed by atoms with van der Waals surface area (Å²) in [5, 5.41) is 10.1. The van der Waals surface area contributed by atoms with Crippen molar-refractivity contribution >= 4 is 0 Å². The molecule has 0 aromatic heterocycles. The van der Waals surface area contributed by atoms with Gasteiger partial charge in [0.1, 0.15) is 6.10 Å². The second-order valence-electron chi connectivity index (χ2n) is 4.68. The van der Waals surface area contributed by atoms with E-state index < -0.39 is 6.10 Å². The van der Waals surface area contributed by atoms with Crippen molar-refractivity contribution in [2.45, 2.75) is 38.6 Å². The summed E-state index contributed by atoms with van der Waals surface area (Å²) < 4.78 is 11.1. The Kier molecular flexibility index (Phi) is 4.15. The minimum absolute atomic E-state index is 0.122. The molecule has 0 amide bonds. The highest BCUT2D eigenvalue weighted by Gasteiger charge is 2.30. The first-order valence-electron chi connectivity index (χ1n) is 6.17. The maximum absolute atomic E-state index is 10.1. The topological polar surface area (TPSA) is 38.7 Å². The lowest BCUT2D eigenvalue weighted by Crippen LogP contribution is -2.21. The lowest BCUT2D eigenvalue weighted by Gasteiger charge is -2.16. The van der Waals surface area contributed by atoms with Gasteiger partial charge >= 0.3 is 0 Å². The number of fused-ring (bicyclic) bond motifs is 1. The molecule has 3 heteroatoms. The fourth-order valence-electron chi connectivity index (χ4n) is 2.17. The van der Waals surface area contributed by atoms with E-state index in [9.17, 15) is 5.11 Å².